The van der Waals surface area contributed by atoms with Crippen LogP contribution in [0.4, 0.5) is 0 Å². The number of nitrogens with zero attached hydrogens (tertiary/aromatic N) is 1. The van der Waals surface area contributed by atoms with Crippen molar-refractivity contribution in [2.45, 2.75) is 27.7 Å². The molecular formula is C13H19NO3. The van der Waals surface area contributed by atoms with E-state index < -0.39 is 5.97 Å². The van der Waals surface area contributed by atoms with Gasteiger partial charge in [-0.15, -0.1) is 0 Å². The van der Waals surface area contributed by atoms with Crippen LogP contribution in [-0.2, 0) is 14.3 Å². The molecule has 94 valence electrons. The van der Waals surface area contributed by atoms with Gasteiger partial charge in [0.1, 0.15) is 5.76 Å². The maximum atomic E-state index is 11.4. The van der Waals surface area contributed by atoms with E-state index in [1.807, 2.05) is 13.8 Å². The summed E-state index contributed by atoms with van der Waals surface area (Å²) in [5, 5.41) is 0. The molecule has 0 atom stereocenters. The van der Waals surface area contributed by atoms with Crippen LogP contribution in [0.1, 0.15) is 27.7 Å². The fourth-order valence-electron chi connectivity index (χ4n) is 0.838. The van der Waals surface area contributed by atoms with Gasteiger partial charge in [0.25, 0.3) is 0 Å². The summed E-state index contributed by atoms with van der Waals surface area (Å²) in [5.41, 5.74) is 1.86. The van der Waals surface area contributed by atoms with Crippen molar-refractivity contribution in [2.75, 3.05) is 7.05 Å². The smallest absolute Gasteiger partial charge is 0.338 e. The quantitative estimate of drug-likeness (QED) is 0.242. The summed E-state index contributed by atoms with van der Waals surface area (Å²) in [6.07, 6.45) is 2.33. The highest BCUT2D eigenvalue weighted by atomic mass is 16.5. The minimum Gasteiger partial charge on any atom is -0.423 e. The number of allylic oxidation sites excluding steroid dienone is 3. The zero-order chi connectivity index (χ0) is 13.6. The maximum absolute atomic E-state index is 11.4. The van der Waals surface area contributed by atoms with Crippen molar-refractivity contribution in [1.29, 1.82) is 0 Å². The van der Waals surface area contributed by atoms with Crippen molar-refractivity contribution in [1.82, 2.24) is 4.90 Å². The number of carbonyl (C=O) groups is 2. The third-order valence-electron chi connectivity index (χ3n) is 2.10. The Hall–Kier alpha value is -1.84. The molecule has 17 heavy (non-hydrogen) atoms. The molecule has 0 aliphatic carbocycles. The molecule has 1 amide bonds. The van der Waals surface area contributed by atoms with Gasteiger partial charge in [0.05, 0.1) is 0 Å². The summed E-state index contributed by atoms with van der Waals surface area (Å²) in [6.45, 7) is 10.5. The Kier molecular flexibility index (Phi) is 5.96. The van der Waals surface area contributed by atoms with E-state index in [9.17, 15) is 9.59 Å². The van der Waals surface area contributed by atoms with Gasteiger partial charge in [0.15, 0.2) is 0 Å². The molecule has 0 unspecified atom stereocenters. The van der Waals surface area contributed by atoms with Crippen molar-refractivity contribution in [3.63, 3.8) is 0 Å². The molecule has 0 aromatic heterocycles. The van der Waals surface area contributed by atoms with Gasteiger partial charge < -0.3 is 9.64 Å². The molecule has 0 N–H and O–H groups in total. The third kappa shape index (κ3) is 5.15. The number of esters is 1. The molecule has 4 heteroatoms. The molecule has 0 rings (SSSR count). The number of hydrogen-bond donors (Lipinski definition) is 0. The van der Waals surface area contributed by atoms with Crippen LogP contribution in [-0.4, -0.2) is 24.3 Å². The van der Waals surface area contributed by atoms with Gasteiger partial charge in [-0.1, -0.05) is 6.58 Å². The molecule has 0 aromatic rings. The number of ether oxygens (including phenoxy) is 1. The van der Waals surface area contributed by atoms with Crippen molar-refractivity contribution in [2.24, 2.45) is 0 Å². The lowest BCUT2D eigenvalue weighted by atomic mass is 10.2. The highest BCUT2D eigenvalue weighted by Crippen LogP contribution is 2.13. The topological polar surface area (TPSA) is 46.6 Å². The summed E-state index contributed by atoms with van der Waals surface area (Å²) in [7, 11) is 1.63. The van der Waals surface area contributed by atoms with Crippen molar-refractivity contribution in [3.8, 4) is 0 Å². The lowest BCUT2D eigenvalue weighted by Gasteiger charge is -2.13. The van der Waals surface area contributed by atoms with Gasteiger partial charge in [-0.25, -0.2) is 4.79 Å². The first-order valence-electron chi connectivity index (χ1n) is 5.21. The predicted octanol–water partition coefficient (Wildman–Crippen LogP) is 2.39. The molecule has 0 aromatic carbocycles. The predicted molar refractivity (Wildman–Crippen MR) is 66.9 cm³/mol. The fourth-order valence-corrected chi connectivity index (χ4v) is 0.838. The Morgan fingerprint density at radius 3 is 2.12 bits per heavy atom. The number of hydrogen-bond acceptors (Lipinski definition) is 3. The summed E-state index contributed by atoms with van der Waals surface area (Å²) in [6, 6.07) is 0. The third-order valence-corrected chi connectivity index (χ3v) is 2.10. The van der Waals surface area contributed by atoms with Crippen LogP contribution in [0.15, 0.2) is 35.3 Å². The van der Waals surface area contributed by atoms with E-state index in [1.165, 1.54) is 4.90 Å². The molecule has 0 saturated carbocycles. The van der Waals surface area contributed by atoms with E-state index >= 15 is 0 Å². The second-order valence-corrected chi connectivity index (χ2v) is 4.04. The lowest BCUT2D eigenvalue weighted by Crippen LogP contribution is -2.14. The molecule has 0 radical (unpaired) electrons. The Bertz CT molecular complexity index is 387. The Morgan fingerprint density at radius 2 is 1.76 bits per heavy atom. The minimum absolute atomic E-state index is 0.332. The van der Waals surface area contributed by atoms with Gasteiger partial charge in [-0.05, 0) is 33.3 Å². The van der Waals surface area contributed by atoms with Crippen LogP contribution in [0.2, 0.25) is 0 Å². The van der Waals surface area contributed by atoms with Gasteiger partial charge in [-0.2, -0.15) is 0 Å². The summed E-state index contributed by atoms with van der Waals surface area (Å²) < 4.78 is 5.16. The van der Waals surface area contributed by atoms with Crippen molar-refractivity contribution >= 4 is 12.4 Å². The summed E-state index contributed by atoms with van der Waals surface area (Å²) >= 11 is 0. The maximum Gasteiger partial charge on any atom is 0.338 e. The molecule has 0 fully saturated rings. The van der Waals surface area contributed by atoms with Crippen LogP contribution in [0, 0.1) is 0 Å². The first-order valence-corrected chi connectivity index (χ1v) is 5.21. The highest BCUT2D eigenvalue weighted by Gasteiger charge is 2.08. The van der Waals surface area contributed by atoms with Gasteiger partial charge in [0, 0.05) is 24.4 Å². The van der Waals surface area contributed by atoms with Gasteiger partial charge in [-0.3, -0.25) is 4.79 Å². The second-order valence-electron chi connectivity index (χ2n) is 4.04. The molecule has 0 bridgehead atoms. The van der Waals surface area contributed by atoms with E-state index in [-0.39, 0.29) is 0 Å². The van der Waals surface area contributed by atoms with E-state index in [0.29, 0.717) is 23.4 Å². The second kappa shape index (κ2) is 6.68. The molecule has 0 saturated heterocycles. The monoisotopic (exact) mass is 237 g/mol. The van der Waals surface area contributed by atoms with E-state index in [0.717, 1.165) is 5.57 Å². The Morgan fingerprint density at radius 1 is 1.24 bits per heavy atom. The summed E-state index contributed by atoms with van der Waals surface area (Å²) in [5.74, 6) is -0.0387. The SMILES string of the molecule is C=C(C)C(=O)OC(/C=C(\C)N(C)C=O)=C(C)C. The molecule has 0 heterocycles. The van der Waals surface area contributed by atoms with E-state index in [2.05, 4.69) is 6.58 Å². The standard InChI is InChI=1S/C13H19NO3/c1-9(2)12(17-13(16)10(3)4)7-11(5)14(6)8-15/h7-8H,3H2,1-2,4-6H3/b11-7+. The van der Waals surface area contributed by atoms with Crippen LogP contribution >= 0.6 is 0 Å². The van der Waals surface area contributed by atoms with Crippen molar-refractivity contribution in [3.05, 3.63) is 35.3 Å². The average molecular weight is 237 g/mol. The van der Waals surface area contributed by atoms with Crippen LogP contribution in [0.25, 0.3) is 0 Å². The highest BCUT2D eigenvalue weighted by molar-refractivity contribution is 5.88. The largest absolute Gasteiger partial charge is 0.423 e. The number of carbonyl (C=O) groups excluding carboxylic acids is 2. The fraction of sp³-hybridized carbons (Fsp3) is 0.385. The van der Waals surface area contributed by atoms with E-state index in [4.69, 9.17) is 4.74 Å². The lowest BCUT2D eigenvalue weighted by molar-refractivity contribution is -0.134. The zero-order valence-corrected chi connectivity index (χ0v) is 11.0. The van der Waals surface area contributed by atoms with Crippen molar-refractivity contribution < 1.29 is 14.3 Å². The van der Waals surface area contributed by atoms with Crippen LogP contribution in [0.3, 0.4) is 0 Å². The molecule has 0 spiro atoms. The van der Waals surface area contributed by atoms with Gasteiger partial charge >= 0.3 is 5.97 Å². The zero-order valence-electron chi connectivity index (χ0n) is 11.0. The van der Waals surface area contributed by atoms with Crippen LogP contribution in [0.5, 0.6) is 0 Å². The summed E-state index contributed by atoms with van der Waals surface area (Å²) in [4.78, 5) is 23.4. The first-order chi connectivity index (χ1) is 7.79. The van der Waals surface area contributed by atoms with Crippen LogP contribution < -0.4 is 0 Å². The Balaban J connectivity index is 5.05. The molecule has 0 aliphatic rings. The molecule has 0 aliphatic heterocycles. The average Bonchev–Trinajstić information content (AvgIpc) is 2.26. The Labute approximate surface area is 102 Å². The van der Waals surface area contributed by atoms with Gasteiger partial charge in [0.2, 0.25) is 6.41 Å². The molecule has 4 nitrogen and oxygen atoms in total. The normalized spacial score (nSPS) is 10.5. The minimum atomic E-state index is -0.473. The first kappa shape index (κ1) is 15.2. The van der Waals surface area contributed by atoms with E-state index in [1.54, 1.807) is 27.0 Å². The number of amides is 1. The molecular weight excluding hydrogens is 218 g/mol. The number of rotatable bonds is 5.